The normalized spacial score (nSPS) is 10.7. The quantitative estimate of drug-likeness (QED) is 0.803. The molecule has 0 saturated carbocycles. The average molecular weight is 307 g/mol. The Kier molecular flexibility index (Phi) is 3.70. The van der Waals surface area contributed by atoms with E-state index in [1.807, 2.05) is 63.2 Å². The number of rotatable bonds is 3. The molecule has 0 radical (unpaired) electrons. The van der Waals surface area contributed by atoms with Crippen LogP contribution in [0.25, 0.3) is 17.1 Å². The van der Waals surface area contributed by atoms with Crippen molar-refractivity contribution < 1.29 is 9.90 Å². The van der Waals surface area contributed by atoms with Gasteiger partial charge in [0.25, 0.3) is 5.82 Å². The number of aromatic nitrogens is 3. The van der Waals surface area contributed by atoms with Crippen molar-refractivity contribution in [1.29, 1.82) is 0 Å². The van der Waals surface area contributed by atoms with E-state index in [1.165, 1.54) is 5.56 Å². The molecule has 3 aromatic rings. The molecule has 0 amide bonds. The first-order valence-electron chi connectivity index (χ1n) is 7.31. The van der Waals surface area contributed by atoms with Crippen LogP contribution < -0.4 is 0 Å². The lowest BCUT2D eigenvalue weighted by atomic mass is 10.1. The third-order valence-electron chi connectivity index (χ3n) is 3.81. The van der Waals surface area contributed by atoms with E-state index in [9.17, 15) is 9.90 Å². The second kappa shape index (κ2) is 5.68. The van der Waals surface area contributed by atoms with E-state index >= 15 is 0 Å². The SMILES string of the molecule is Cc1cccc(-c2nc(C(=O)O)nn2-c2ccc(C)c(C)c2)c1. The van der Waals surface area contributed by atoms with Crippen molar-refractivity contribution in [2.75, 3.05) is 0 Å². The number of carboxylic acid groups (broad SMARTS) is 1. The molecular formula is C18H17N3O2. The van der Waals surface area contributed by atoms with Gasteiger partial charge < -0.3 is 5.11 Å². The Labute approximate surface area is 134 Å². The minimum absolute atomic E-state index is 0.209. The summed E-state index contributed by atoms with van der Waals surface area (Å²) in [5.74, 6) is -0.824. The first-order valence-corrected chi connectivity index (χ1v) is 7.31. The van der Waals surface area contributed by atoms with Gasteiger partial charge in [-0.05, 0) is 50.1 Å². The van der Waals surface area contributed by atoms with Gasteiger partial charge in [0.1, 0.15) is 0 Å². The molecule has 0 unspecified atom stereocenters. The van der Waals surface area contributed by atoms with Crippen LogP contribution in [0, 0.1) is 20.8 Å². The van der Waals surface area contributed by atoms with Crippen LogP contribution in [-0.4, -0.2) is 25.8 Å². The van der Waals surface area contributed by atoms with E-state index in [2.05, 4.69) is 10.1 Å². The Morgan fingerprint density at radius 1 is 1.04 bits per heavy atom. The van der Waals surface area contributed by atoms with Gasteiger partial charge in [-0.1, -0.05) is 29.8 Å². The molecule has 0 aliphatic carbocycles. The Balaban J connectivity index is 2.22. The lowest BCUT2D eigenvalue weighted by Crippen LogP contribution is -2.03. The van der Waals surface area contributed by atoms with E-state index in [0.29, 0.717) is 5.82 Å². The fourth-order valence-electron chi connectivity index (χ4n) is 2.41. The van der Waals surface area contributed by atoms with Gasteiger partial charge in [0.15, 0.2) is 5.82 Å². The highest BCUT2D eigenvalue weighted by Gasteiger charge is 2.18. The second-order valence-corrected chi connectivity index (χ2v) is 5.61. The van der Waals surface area contributed by atoms with Crippen LogP contribution in [0.15, 0.2) is 42.5 Å². The Morgan fingerprint density at radius 3 is 2.48 bits per heavy atom. The molecule has 0 bridgehead atoms. The maximum atomic E-state index is 11.3. The first-order chi connectivity index (χ1) is 11.0. The van der Waals surface area contributed by atoms with Crippen molar-refractivity contribution >= 4 is 5.97 Å². The van der Waals surface area contributed by atoms with Crippen molar-refractivity contribution in [3.8, 4) is 17.1 Å². The maximum absolute atomic E-state index is 11.3. The summed E-state index contributed by atoms with van der Waals surface area (Å²) in [6.45, 7) is 6.03. The summed E-state index contributed by atoms with van der Waals surface area (Å²) in [6, 6.07) is 13.7. The highest BCUT2D eigenvalue weighted by atomic mass is 16.4. The van der Waals surface area contributed by atoms with Crippen molar-refractivity contribution in [1.82, 2.24) is 14.8 Å². The van der Waals surface area contributed by atoms with Crippen LogP contribution in [0.5, 0.6) is 0 Å². The van der Waals surface area contributed by atoms with Crippen molar-refractivity contribution in [2.45, 2.75) is 20.8 Å². The van der Waals surface area contributed by atoms with Crippen LogP contribution in [0.3, 0.4) is 0 Å². The molecule has 0 aliphatic rings. The zero-order valence-corrected chi connectivity index (χ0v) is 13.2. The molecular weight excluding hydrogens is 290 g/mol. The van der Waals surface area contributed by atoms with E-state index in [-0.39, 0.29) is 5.82 Å². The lowest BCUT2D eigenvalue weighted by molar-refractivity contribution is 0.0683. The van der Waals surface area contributed by atoms with Crippen LogP contribution >= 0.6 is 0 Å². The molecule has 1 heterocycles. The van der Waals surface area contributed by atoms with Gasteiger partial charge in [-0.25, -0.2) is 14.5 Å². The van der Waals surface area contributed by atoms with Crippen LogP contribution in [0.2, 0.25) is 0 Å². The topological polar surface area (TPSA) is 68.0 Å². The summed E-state index contributed by atoms with van der Waals surface area (Å²) >= 11 is 0. The summed E-state index contributed by atoms with van der Waals surface area (Å²) in [4.78, 5) is 15.5. The van der Waals surface area contributed by atoms with Gasteiger partial charge in [0.05, 0.1) is 5.69 Å². The fraction of sp³-hybridized carbons (Fsp3) is 0.167. The third-order valence-corrected chi connectivity index (χ3v) is 3.81. The molecule has 0 saturated heterocycles. The van der Waals surface area contributed by atoms with Gasteiger partial charge in [-0.2, -0.15) is 0 Å². The van der Waals surface area contributed by atoms with Crippen LogP contribution in [0.4, 0.5) is 0 Å². The lowest BCUT2D eigenvalue weighted by Gasteiger charge is -2.08. The summed E-state index contributed by atoms with van der Waals surface area (Å²) < 4.78 is 1.59. The van der Waals surface area contributed by atoms with Crippen LogP contribution in [0.1, 0.15) is 27.3 Å². The van der Waals surface area contributed by atoms with Gasteiger partial charge >= 0.3 is 5.97 Å². The molecule has 116 valence electrons. The number of aromatic carboxylic acids is 1. The number of carboxylic acids is 1. The Bertz CT molecular complexity index is 897. The zero-order chi connectivity index (χ0) is 16.6. The fourth-order valence-corrected chi connectivity index (χ4v) is 2.41. The molecule has 5 heteroatoms. The second-order valence-electron chi connectivity index (χ2n) is 5.61. The zero-order valence-electron chi connectivity index (χ0n) is 13.2. The number of carbonyl (C=O) groups is 1. The average Bonchev–Trinajstić information content (AvgIpc) is 2.95. The van der Waals surface area contributed by atoms with Crippen molar-refractivity contribution in [3.63, 3.8) is 0 Å². The molecule has 0 spiro atoms. The van der Waals surface area contributed by atoms with Gasteiger partial charge in [-0.15, -0.1) is 5.10 Å². The largest absolute Gasteiger partial charge is 0.475 e. The highest BCUT2D eigenvalue weighted by Crippen LogP contribution is 2.23. The van der Waals surface area contributed by atoms with Gasteiger partial charge in [0, 0.05) is 5.56 Å². The number of nitrogens with zero attached hydrogens (tertiary/aromatic N) is 3. The van der Waals surface area contributed by atoms with E-state index in [1.54, 1.807) is 4.68 Å². The van der Waals surface area contributed by atoms with Crippen LogP contribution in [-0.2, 0) is 0 Å². The Morgan fingerprint density at radius 2 is 1.83 bits per heavy atom. The van der Waals surface area contributed by atoms with Crippen molar-refractivity contribution in [3.05, 3.63) is 65.0 Å². The summed E-state index contributed by atoms with van der Waals surface area (Å²) in [5, 5.41) is 13.4. The smallest absolute Gasteiger partial charge is 0.375 e. The predicted molar refractivity (Wildman–Crippen MR) is 88.0 cm³/mol. The minimum Gasteiger partial charge on any atom is -0.475 e. The monoisotopic (exact) mass is 307 g/mol. The maximum Gasteiger partial charge on any atom is 0.375 e. The summed E-state index contributed by atoms with van der Waals surface area (Å²) in [5.41, 5.74) is 5.00. The minimum atomic E-state index is -1.14. The standard InChI is InChI=1S/C18H17N3O2/c1-11-5-4-6-14(9-11)17-19-16(18(22)23)20-21(17)15-8-7-12(2)13(3)10-15/h4-10H,1-3H3,(H,22,23). The predicted octanol–water partition coefficient (Wildman–Crippen LogP) is 3.56. The number of aryl methyl sites for hydroxylation is 3. The first kappa shape index (κ1) is 15.0. The third kappa shape index (κ3) is 2.85. The molecule has 1 N–H and O–H groups in total. The molecule has 2 aromatic carbocycles. The van der Waals surface area contributed by atoms with Gasteiger partial charge in [0.2, 0.25) is 0 Å². The van der Waals surface area contributed by atoms with E-state index < -0.39 is 5.97 Å². The van der Waals surface area contributed by atoms with E-state index in [0.717, 1.165) is 22.4 Å². The molecule has 0 fully saturated rings. The summed E-state index contributed by atoms with van der Waals surface area (Å²) in [6.07, 6.45) is 0. The van der Waals surface area contributed by atoms with Crippen molar-refractivity contribution in [2.24, 2.45) is 0 Å². The molecule has 5 nitrogen and oxygen atoms in total. The highest BCUT2D eigenvalue weighted by molar-refractivity contribution is 5.84. The Hall–Kier alpha value is -2.95. The number of hydrogen-bond donors (Lipinski definition) is 1. The number of hydrogen-bond acceptors (Lipinski definition) is 3. The molecule has 23 heavy (non-hydrogen) atoms. The molecule has 0 aliphatic heterocycles. The molecule has 0 atom stereocenters. The number of benzene rings is 2. The molecule has 3 rings (SSSR count). The van der Waals surface area contributed by atoms with E-state index in [4.69, 9.17) is 0 Å². The molecule has 1 aromatic heterocycles. The van der Waals surface area contributed by atoms with Gasteiger partial charge in [-0.3, -0.25) is 0 Å². The summed E-state index contributed by atoms with van der Waals surface area (Å²) in [7, 11) is 0.